The molecule has 2 nitrogen and oxygen atoms in total. The molecule has 3 heteroatoms. The number of alkyl halides is 1. The highest BCUT2D eigenvalue weighted by molar-refractivity contribution is 6.08. The highest BCUT2D eigenvalue weighted by atomic mass is 19.1. The van der Waals surface area contributed by atoms with E-state index in [1.807, 2.05) is 24.3 Å². The number of fused-ring (bicyclic) bond motifs is 3. The number of para-hydroxylation sites is 1. The second-order valence-corrected chi connectivity index (χ2v) is 3.87. The van der Waals surface area contributed by atoms with E-state index in [-0.39, 0.29) is 0 Å². The van der Waals surface area contributed by atoms with Gasteiger partial charge in [-0.1, -0.05) is 18.2 Å². The second-order valence-electron chi connectivity index (χ2n) is 3.87. The van der Waals surface area contributed by atoms with Crippen LogP contribution in [0.1, 0.15) is 10.4 Å². The number of ketones is 1. The standard InChI is InChI=1S/C14H9FO2/c15-8-12(16)9-5-6-14-11(7-9)10-3-1-2-4-13(10)17-14/h1-7H,8H2. The van der Waals surface area contributed by atoms with Crippen molar-refractivity contribution in [2.24, 2.45) is 0 Å². The van der Waals surface area contributed by atoms with Gasteiger partial charge in [0, 0.05) is 16.3 Å². The third-order valence-electron chi connectivity index (χ3n) is 2.82. The van der Waals surface area contributed by atoms with E-state index in [1.54, 1.807) is 18.2 Å². The summed E-state index contributed by atoms with van der Waals surface area (Å²) in [5.74, 6) is -0.503. The lowest BCUT2D eigenvalue weighted by Crippen LogP contribution is -1.99. The van der Waals surface area contributed by atoms with Crippen LogP contribution in [0.15, 0.2) is 46.9 Å². The predicted octanol–water partition coefficient (Wildman–Crippen LogP) is 3.74. The van der Waals surface area contributed by atoms with Crippen LogP contribution >= 0.6 is 0 Å². The van der Waals surface area contributed by atoms with E-state index >= 15 is 0 Å². The summed E-state index contributed by atoms with van der Waals surface area (Å²) < 4.78 is 18.0. The van der Waals surface area contributed by atoms with Crippen molar-refractivity contribution in [2.45, 2.75) is 0 Å². The molecule has 0 saturated carbocycles. The molecule has 0 spiro atoms. The Kier molecular flexibility index (Phi) is 2.18. The first-order valence-electron chi connectivity index (χ1n) is 5.30. The van der Waals surface area contributed by atoms with Gasteiger partial charge < -0.3 is 4.42 Å². The molecule has 3 aromatic rings. The van der Waals surface area contributed by atoms with Crippen LogP contribution in [0, 0.1) is 0 Å². The molecule has 17 heavy (non-hydrogen) atoms. The number of carbonyl (C=O) groups excluding carboxylic acids is 1. The molecule has 0 unspecified atom stereocenters. The molecule has 0 aliphatic heterocycles. The molecule has 0 amide bonds. The Morgan fingerprint density at radius 1 is 1.06 bits per heavy atom. The minimum absolute atomic E-state index is 0.381. The number of hydrogen-bond acceptors (Lipinski definition) is 2. The van der Waals surface area contributed by atoms with Crippen LogP contribution in [-0.2, 0) is 0 Å². The number of hydrogen-bond donors (Lipinski definition) is 0. The van der Waals surface area contributed by atoms with Crippen molar-refractivity contribution in [3.63, 3.8) is 0 Å². The van der Waals surface area contributed by atoms with Gasteiger partial charge in [-0.25, -0.2) is 4.39 Å². The molecule has 0 aliphatic carbocycles. The third-order valence-corrected chi connectivity index (χ3v) is 2.82. The lowest BCUT2D eigenvalue weighted by atomic mass is 10.1. The number of furan rings is 1. The molecule has 0 N–H and O–H groups in total. The van der Waals surface area contributed by atoms with Gasteiger partial charge in [0.05, 0.1) is 0 Å². The summed E-state index contributed by atoms with van der Waals surface area (Å²) in [5.41, 5.74) is 1.86. The Bertz CT molecular complexity index is 712. The van der Waals surface area contributed by atoms with E-state index in [1.165, 1.54) is 0 Å². The van der Waals surface area contributed by atoms with Crippen molar-refractivity contribution in [3.05, 3.63) is 48.0 Å². The molecule has 0 atom stereocenters. The maximum atomic E-state index is 12.3. The van der Waals surface area contributed by atoms with Crippen LogP contribution < -0.4 is 0 Å². The van der Waals surface area contributed by atoms with Crippen molar-refractivity contribution in [1.82, 2.24) is 0 Å². The largest absolute Gasteiger partial charge is 0.456 e. The lowest BCUT2D eigenvalue weighted by Gasteiger charge is -1.95. The highest BCUT2D eigenvalue weighted by Crippen LogP contribution is 2.29. The van der Waals surface area contributed by atoms with Gasteiger partial charge in [0.2, 0.25) is 0 Å². The molecule has 0 saturated heterocycles. The zero-order valence-corrected chi connectivity index (χ0v) is 8.94. The molecule has 2 aromatic carbocycles. The van der Waals surface area contributed by atoms with E-state index in [4.69, 9.17) is 4.42 Å². The van der Waals surface area contributed by atoms with Crippen LogP contribution in [0.2, 0.25) is 0 Å². The van der Waals surface area contributed by atoms with Gasteiger partial charge in [-0.15, -0.1) is 0 Å². The lowest BCUT2D eigenvalue weighted by molar-refractivity contribution is 0.0959. The van der Waals surface area contributed by atoms with Gasteiger partial charge in [0.15, 0.2) is 12.5 Å². The minimum atomic E-state index is -0.971. The molecule has 84 valence electrons. The minimum Gasteiger partial charge on any atom is -0.456 e. The van der Waals surface area contributed by atoms with Gasteiger partial charge in [-0.2, -0.15) is 0 Å². The molecule has 3 rings (SSSR count). The first kappa shape index (κ1) is 10.0. The van der Waals surface area contributed by atoms with Crippen LogP contribution in [0.25, 0.3) is 21.9 Å². The molecular formula is C14H9FO2. The molecule has 1 aromatic heterocycles. The Hall–Kier alpha value is -2.16. The Morgan fingerprint density at radius 3 is 2.65 bits per heavy atom. The zero-order chi connectivity index (χ0) is 11.8. The van der Waals surface area contributed by atoms with Crippen molar-refractivity contribution in [3.8, 4) is 0 Å². The van der Waals surface area contributed by atoms with Gasteiger partial charge in [0.25, 0.3) is 0 Å². The highest BCUT2D eigenvalue weighted by Gasteiger charge is 2.10. The van der Waals surface area contributed by atoms with Crippen LogP contribution in [0.3, 0.4) is 0 Å². The monoisotopic (exact) mass is 228 g/mol. The maximum absolute atomic E-state index is 12.3. The first-order chi connectivity index (χ1) is 8.29. The summed E-state index contributed by atoms with van der Waals surface area (Å²) in [6, 6.07) is 12.6. The topological polar surface area (TPSA) is 30.2 Å². The number of rotatable bonds is 2. The van der Waals surface area contributed by atoms with Gasteiger partial charge in [-0.3, -0.25) is 4.79 Å². The average Bonchev–Trinajstić information content (AvgIpc) is 2.75. The first-order valence-corrected chi connectivity index (χ1v) is 5.30. The van der Waals surface area contributed by atoms with Crippen LogP contribution in [-0.4, -0.2) is 12.5 Å². The second kappa shape index (κ2) is 3.70. The molecule has 0 aliphatic rings. The molecule has 0 fully saturated rings. The fraction of sp³-hybridized carbons (Fsp3) is 0.0714. The van der Waals surface area contributed by atoms with Crippen molar-refractivity contribution in [2.75, 3.05) is 6.67 Å². The Labute approximate surface area is 96.6 Å². The average molecular weight is 228 g/mol. The van der Waals surface area contributed by atoms with E-state index in [9.17, 15) is 9.18 Å². The van der Waals surface area contributed by atoms with Gasteiger partial charge in [0.1, 0.15) is 11.2 Å². The van der Waals surface area contributed by atoms with Crippen molar-refractivity contribution >= 4 is 27.7 Å². The fourth-order valence-electron chi connectivity index (χ4n) is 1.98. The molecule has 0 radical (unpaired) electrons. The number of benzene rings is 2. The summed E-state index contributed by atoms with van der Waals surface area (Å²) >= 11 is 0. The van der Waals surface area contributed by atoms with E-state index in [2.05, 4.69) is 0 Å². The third kappa shape index (κ3) is 1.51. The summed E-state index contributed by atoms with van der Waals surface area (Å²) in [6.07, 6.45) is 0. The zero-order valence-electron chi connectivity index (χ0n) is 8.94. The summed E-state index contributed by atoms with van der Waals surface area (Å²) in [4.78, 5) is 11.3. The quantitative estimate of drug-likeness (QED) is 0.625. The smallest absolute Gasteiger partial charge is 0.193 e. The van der Waals surface area contributed by atoms with Gasteiger partial charge >= 0.3 is 0 Å². The van der Waals surface area contributed by atoms with E-state index < -0.39 is 12.5 Å². The summed E-state index contributed by atoms with van der Waals surface area (Å²) in [6.45, 7) is -0.971. The van der Waals surface area contributed by atoms with E-state index in [0.717, 1.165) is 16.4 Å². The molecular weight excluding hydrogens is 219 g/mol. The normalized spacial score (nSPS) is 11.1. The maximum Gasteiger partial charge on any atom is 0.193 e. The van der Waals surface area contributed by atoms with Crippen molar-refractivity contribution in [1.29, 1.82) is 0 Å². The van der Waals surface area contributed by atoms with Crippen LogP contribution in [0.4, 0.5) is 4.39 Å². The summed E-state index contributed by atoms with van der Waals surface area (Å²) in [5, 5.41) is 1.79. The van der Waals surface area contributed by atoms with Gasteiger partial charge in [-0.05, 0) is 24.3 Å². The number of halogens is 1. The fourth-order valence-corrected chi connectivity index (χ4v) is 1.98. The Balaban J connectivity index is 2.33. The van der Waals surface area contributed by atoms with Crippen LogP contribution in [0.5, 0.6) is 0 Å². The summed E-state index contributed by atoms with van der Waals surface area (Å²) in [7, 11) is 0. The molecule has 0 bridgehead atoms. The van der Waals surface area contributed by atoms with Crippen molar-refractivity contribution < 1.29 is 13.6 Å². The van der Waals surface area contributed by atoms with E-state index in [0.29, 0.717) is 11.1 Å². The number of Topliss-reactive ketones (excluding diaryl/α,β-unsaturated/α-hetero) is 1. The predicted molar refractivity (Wildman–Crippen MR) is 64.0 cm³/mol. The SMILES string of the molecule is O=C(CF)c1ccc2oc3ccccc3c2c1. The Morgan fingerprint density at radius 2 is 1.82 bits per heavy atom. The molecule has 1 heterocycles. The number of carbonyl (C=O) groups is 1.